The lowest BCUT2D eigenvalue weighted by molar-refractivity contribution is -0.160. The van der Waals surface area contributed by atoms with E-state index in [9.17, 15) is 22.8 Å². The Hall–Kier alpha value is -4.20. The van der Waals surface area contributed by atoms with Crippen molar-refractivity contribution in [2.45, 2.75) is 128 Å². The molecule has 4 aliphatic rings. The Morgan fingerprint density at radius 3 is 2.46 bits per heavy atom. The van der Waals surface area contributed by atoms with E-state index in [4.69, 9.17) is 18.9 Å². The largest absolute Gasteiger partial charge is 0.497 e. The molecular weight excluding hydrogens is 751 g/mol. The van der Waals surface area contributed by atoms with Crippen molar-refractivity contribution in [2.75, 3.05) is 20.8 Å². The quantitative estimate of drug-likeness (QED) is 0.211. The van der Waals surface area contributed by atoms with E-state index in [2.05, 4.69) is 16.6 Å². The third-order valence-electron chi connectivity index (χ3n) is 12.4. The summed E-state index contributed by atoms with van der Waals surface area (Å²) >= 11 is 0. The van der Waals surface area contributed by atoms with Crippen molar-refractivity contribution in [3.8, 4) is 17.5 Å². The molecule has 13 nitrogen and oxygen atoms in total. The molecule has 2 aromatic rings. The summed E-state index contributed by atoms with van der Waals surface area (Å²) in [6.45, 7) is 11.1. The molecule has 2 aliphatic heterocycles. The highest BCUT2D eigenvalue weighted by Gasteiger charge is 2.62. The van der Waals surface area contributed by atoms with Crippen LogP contribution in [0.25, 0.3) is 10.8 Å². The Morgan fingerprint density at radius 2 is 1.81 bits per heavy atom. The first kappa shape index (κ1) is 42.4. The average molecular weight is 810 g/mol. The second-order valence-corrected chi connectivity index (χ2v) is 20.1. The standard InChI is InChI=1S/C43H59N3O10S/c1-9-27-18-26(2)12-10-11-13-29-23-43(29,40(50)45-57(51,52)42(6)16-17-42)24-35(47)34-21-31(25-46(34)39(49)33(27)22-37(48)56-41(3,4)5)55-38-32-15-14-30(53-7)19-28(32)20-36(44-38)54-8/h11,13-15,19-20,26-27,29,31,33-34H,9-10,12,16-18,21-25H2,1-8H3,(H,45,50)/b13-11-/t26-,27+,29+,31+,33-,34-,43+/m0/s1. The Balaban J connectivity index is 1.38. The number of hydrogen-bond acceptors (Lipinski definition) is 11. The number of ether oxygens (including phenoxy) is 4. The summed E-state index contributed by atoms with van der Waals surface area (Å²) in [5.41, 5.74) is -2.04. The summed E-state index contributed by atoms with van der Waals surface area (Å²) in [5.74, 6) is -1.79. The number of ketones is 1. The first-order chi connectivity index (χ1) is 26.8. The number of aromatic nitrogens is 1. The normalized spacial score (nSPS) is 29.6. The smallest absolute Gasteiger partial charge is 0.307 e. The fourth-order valence-electron chi connectivity index (χ4n) is 8.56. The van der Waals surface area contributed by atoms with Crippen molar-refractivity contribution < 1.29 is 46.5 Å². The fraction of sp³-hybridized carbons (Fsp3) is 0.651. The number of esters is 1. The van der Waals surface area contributed by atoms with E-state index < -0.39 is 55.7 Å². The number of allylic oxidation sites excluding steroid dienone is 2. The number of amides is 2. The number of Topliss-reactive ketones (excluding diaryl/α,β-unsaturated/α-hetero) is 1. The zero-order chi connectivity index (χ0) is 41.5. The summed E-state index contributed by atoms with van der Waals surface area (Å²) in [4.78, 5) is 63.5. The van der Waals surface area contributed by atoms with Crippen LogP contribution in [0.3, 0.4) is 0 Å². The number of pyridine rings is 1. The van der Waals surface area contributed by atoms with E-state index in [1.807, 2.05) is 31.2 Å². The number of hydrogen-bond donors (Lipinski definition) is 1. The van der Waals surface area contributed by atoms with Crippen LogP contribution in [0.15, 0.2) is 36.4 Å². The van der Waals surface area contributed by atoms with Crippen molar-refractivity contribution in [3.05, 3.63) is 36.4 Å². The number of fused-ring (bicyclic) bond motifs is 3. The molecule has 0 spiro atoms. The number of sulfonamides is 1. The number of methoxy groups -OCH3 is 2. The minimum Gasteiger partial charge on any atom is -0.497 e. The van der Waals surface area contributed by atoms with E-state index >= 15 is 4.79 Å². The third kappa shape index (κ3) is 9.26. The highest BCUT2D eigenvalue weighted by Crippen LogP contribution is 2.58. The molecule has 57 heavy (non-hydrogen) atoms. The van der Waals surface area contributed by atoms with Gasteiger partial charge in [-0.15, -0.1) is 0 Å². The van der Waals surface area contributed by atoms with Gasteiger partial charge in [0.15, 0.2) is 5.78 Å². The minimum absolute atomic E-state index is 0.0256. The first-order valence-corrected chi connectivity index (χ1v) is 21.8. The molecule has 2 amide bonds. The van der Waals surface area contributed by atoms with Gasteiger partial charge in [-0.1, -0.05) is 32.4 Å². The van der Waals surface area contributed by atoms with Crippen molar-refractivity contribution in [2.24, 2.45) is 29.1 Å². The van der Waals surface area contributed by atoms with Crippen LogP contribution in [0.5, 0.6) is 17.5 Å². The van der Waals surface area contributed by atoms with Crippen LogP contribution in [-0.2, 0) is 33.9 Å². The summed E-state index contributed by atoms with van der Waals surface area (Å²) in [5, 5.41) is 1.43. The molecular formula is C43H59N3O10S. The Bertz CT molecular complexity index is 2020. The van der Waals surface area contributed by atoms with E-state index in [1.165, 1.54) is 12.0 Å². The molecule has 1 N–H and O–H groups in total. The lowest BCUT2D eigenvalue weighted by atomic mass is 9.79. The number of benzene rings is 1. The number of nitrogens with zero attached hydrogens (tertiary/aromatic N) is 2. The van der Waals surface area contributed by atoms with Gasteiger partial charge in [-0.2, -0.15) is 4.98 Å². The predicted molar refractivity (Wildman–Crippen MR) is 214 cm³/mol. The van der Waals surface area contributed by atoms with Crippen LogP contribution in [0.4, 0.5) is 0 Å². The van der Waals surface area contributed by atoms with Crippen LogP contribution < -0.4 is 18.9 Å². The first-order valence-electron chi connectivity index (χ1n) is 20.3. The van der Waals surface area contributed by atoms with Crippen LogP contribution in [-0.4, -0.2) is 85.1 Å². The second-order valence-electron chi connectivity index (χ2n) is 17.9. The van der Waals surface area contributed by atoms with Crippen LogP contribution in [0, 0.1) is 29.1 Å². The van der Waals surface area contributed by atoms with E-state index in [1.54, 1.807) is 46.9 Å². The lowest BCUT2D eigenvalue weighted by Crippen LogP contribution is -2.48. The summed E-state index contributed by atoms with van der Waals surface area (Å²) in [7, 11) is -0.891. The van der Waals surface area contributed by atoms with Crippen molar-refractivity contribution >= 4 is 44.4 Å². The zero-order valence-corrected chi connectivity index (χ0v) is 35.4. The lowest BCUT2D eigenvalue weighted by Gasteiger charge is -2.33. The Labute approximate surface area is 336 Å². The molecule has 7 atom stereocenters. The van der Waals surface area contributed by atoms with Crippen molar-refractivity contribution in [1.29, 1.82) is 0 Å². The van der Waals surface area contributed by atoms with Gasteiger partial charge in [0.1, 0.15) is 17.5 Å². The molecule has 3 heterocycles. The molecule has 0 bridgehead atoms. The van der Waals surface area contributed by atoms with Gasteiger partial charge in [0, 0.05) is 24.3 Å². The maximum atomic E-state index is 15.1. The number of rotatable bonds is 10. The molecule has 1 aromatic heterocycles. The van der Waals surface area contributed by atoms with E-state index in [-0.39, 0.29) is 61.1 Å². The number of carbonyl (C=O) groups is 4. The summed E-state index contributed by atoms with van der Waals surface area (Å²) in [6.07, 6.45) is 7.04. The molecule has 3 fully saturated rings. The van der Waals surface area contributed by atoms with Gasteiger partial charge in [0.25, 0.3) is 0 Å². The van der Waals surface area contributed by atoms with Gasteiger partial charge < -0.3 is 23.8 Å². The monoisotopic (exact) mass is 809 g/mol. The molecule has 2 aliphatic carbocycles. The van der Waals surface area contributed by atoms with Crippen LogP contribution in [0.1, 0.15) is 106 Å². The fourth-order valence-corrected chi connectivity index (χ4v) is 9.90. The van der Waals surface area contributed by atoms with E-state index in [0.29, 0.717) is 55.5 Å². The number of carbonyl (C=O) groups excluding carboxylic acids is 4. The molecule has 0 unspecified atom stereocenters. The predicted octanol–water partition coefficient (Wildman–Crippen LogP) is 6.31. The molecule has 14 heteroatoms. The molecule has 1 saturated heterocycles. The molecule has 6 rings (SSSR count). The summed E-state index contributed by atoms with van der Waals surface area (Å²) in [6, 6.07) is 6.20. The Morgan fingerprint density at radius 1 is 1.07 bits per heavy atom. The van der Waals surface area contributed by atoms with Gasteiger partial charge in [-0.25, -0.2) is 8.42 Å². The highest BCUT2D eigenvalue weighted by atomic mass is 32.2. The van der Waals surface area contributed by atoms with Gasteiger partial charge in [0.2, 0.25) is 33.6 Å². The van der Waals surface area contributed by atoms with Gasteiger partial charge >= 0.3 is 5.97 Å². The highest BCUT2D eigenvalue weighted by molar-refractivity contribution is 7.91. The third-order valence-corrected chi connectivity index (χ3v) is 14.6. The maximum absolute atomic E-state index is 15.1. The molecule has 312 valence electrons. The van der Waals surface area contributed by atoms with Crippen LogP contribution >= 0.6 is 0 Å². The zero-order valence-electron chi connectivity index (χ0n) is 34.6. The second kappa shape index (κ2) is 16.2. The molecule has 0 radical (unpaired) electrons. The summed E-state index contributed by atoms with van der Waals surface area (Å²) < 4.78 is 51.1. The molecule has 2 saturated carbocycles. The van der Waals surface area contributed by atoms with Gasteiger partial charge in [0.05, 0.1) is 49.3 Å². The topological polar surface area (TPSA) is 168 Å². The SMILES string of the molecule is CC[C@@H]1C[C@@H](C)CC/C=C\[C@@H]2C[C@@]2(C(=O)NS(=O)(=O)C2(C)CC2)CC(=O)[C@@H]2C[C@@H](Oc3nc(OC)cc4cc(OC)ccc34)CN2C(=O)[C@H]1CC(=O)OC(C)(C)C. The van der Waals surface area contributed by atoms with Gasteiger partial charge in [-0.3, -0.25) is 23.9 Å². The van der Waals surface area contributed by atoms with E-state index in [0.717, 1.165) is 11.8 Å². The van der Waals surface area contributed by atoms with Gasteiger partial charge in [-0.05, 0) is 108 Å². The average Bonchev–Trinajstić information content (AvgIpc) is 4.03. The minimum atomic E-state index is -3.96. The van der Waals surface area contributed by atoms with Crippen LogP contribution in [0.2, 0.25) is 0 Å². The maximum Gasteiger partial charge on any atom is 0.307 e. The molecule has 1 aromatic carbocycles. The van der Waals surface area contributed by atoms with Crippen molar-refractivity contribution in [3.63, 3.8) is 0 Å². The van der Waals surface area contributed by atoms with Crippen molar-refractivity contribution in [1.82, 2.24) is 14.6 Å². The number of nitrogens with one attached hydrogen (secondary N) is 1. The Kier molecular flexibility index (Phi) is 12.1.